The zero-order valence-electron chi connectivity index (χ0n) is 6.42. The van der Waals surface area contributed by atoms with Crippen LogP contribution < -0.4 is 0 Å². The first-order chi connectivity index (χ1) is 4.85. The zero-order chi connectivity index (χ0) is 7.82. The monoisotopic (exact) mass is 145 g/mol. The van der Waals surface area contributed by atoms with Crippen LogP contribution in [0.2, 0.25) is 0 Å². The molecule has 1 amide bonds. The van der Waals surface area contributed by atoms with Crippen molar-refractivity contribution in [2.24, 2.45) is 0 Å². The highest BCUT2D eigenvalue weighted by atomic mass is 16.2. The summed E-state index contributed by atoms with van der Waals surface area (Å²) in [6, 6.07) is 0. The summed E-state index contributed by atoms with van der Waals surface area (Å²) in [7, 11) is 0. The Labute approximate surface area is 61.6 Å². The van der Waals surface area contributed by atoms with Crippen molar-refractivity contribution in [3.8, 4) is 0 Å². The number of nitrogens with zero attached hydrogens (tertiary/aromatic N) is 1. The largest absolute Gasteiger partial charge is 0.396 e. The van der Waals surface area contributed by atoms with Gasteiger partial charge in [-0.05, 0) is 19.8 Å². The average Bonchev–Trinajstić information content (AvgIpc) is 1.99. The van der Waals surface area contributed by atoms with Gasteiger partial charge in [0.2, 0.25) is 6.41 Å². The summed E-state index contributed by atoms with van der Waals surface area (Å²) < 4.78 is 0. The van der Waals surface area contributed by atoms with Gasteiger partial charge in [0.25, 0.3) is 0 Å². The van der Waals surface area contributed by atoms with Gasteiger partial charge in [-0.3, -0.25) is 4.79 Å². The van der Waals surface area contributed by atoms with Crippen molar-refractivity contribution in [3.63, 3.8) is 0 Å². The number of hydrogen-bond acceptors (Lipinski definition) is 2. The van der Waals surface area contributed by atoms with Gasteiger partial charge in [0, 0.05) is 19.7 Å². The number of unbranched alkanes of at least 4 members (excludes halogenated alkanes) is 1. The van der Waals surface area contributed by atoms with Gasteiger partial charge in [-0.15, -0.1) is 0 Å². The molecule has 10 heavy (non-hydrogen) atoms. The molecule has 0 aliphatic rings. The van der Waals surface area contributed by atoms with Gasteiger partial charge >= 0.3 is 0 Å². The van der Waals surface area contributed by atoms with E-state index in [9.17, 15) is 4.79 Å². The number of carbonyl (C=O) groups is 1. The quantitative estimate of drug-likeness (QED) is 0.429. The van der Waals surface area contributed by atoms with Gasteiger partial charge in [0.1, 0.15) is 0 Å². The van der Waals surface area contributed by atoms with Crippen LogP contribution in [0.1, 0.15) is 19.8 Å². The number of rotatable bonds is 6. The molecule has 0 saturated carbocycles. The van der Waals surface area contributed by atoms with Crippen LogP contribution in [0.25, 0.3) is 0 Å². The molecular formula is C7H15NO2. The van der Waals surface area contributed by atoms with Crippen LogP contribution >= 0.6 is 0 Å². The van der Waals surface area contributed by atoms with Crippen LogP contribution in [0, 0.1) is 0 Å². The lowest BCUT2D eigenvalue weighted by Crippen LogP contribution is -2.22. The maximum atomic E-state index is 10.2. The van der Waals surface area contributed by atoms with Gasteiger partial charge < -0.3 is 10.0 Å². The fourth-order valence-electron chi connectivity index (χ4n) is 0.712. The molecule has 0 rings (SSSR count). The lowest BCUT2D eigenvalue weighted by atomic mass is 10.3. The minimum Gasteiger partial charge on any atom is -0.396 e. The molecule has 0 fully saturated rings. The molecule has 1 N–H and O–H groups in total. The predicted octanol–water partition coefficient (Wildman–Crippen LogP) is 0.237. The van der Waals surface area contributed by atoms with Gasteiger partial charge in [-0.25, -0.2) is 0 Å². The van der Waals surface area contributed by atoms with Gasteiger partial charge in [0.15, 0.2) is 0 Å². The van der Waals surface area contributed by atoms with Crippen LogP contribution in [0.15, 0.2) is 0 Å². The number of carbonyl (C=O) groups excluding carboxylic acids is 1. The molecule has 0 aromatic rings. The summed E-state index contributed by atoms with van der Waals surface area (Å²) in [5.41, 5.74) is 0. The van der Waals surface area contributed by atoms with Crippen LogP contribution in [0.4, 0.5) is 0 Å². The number of aliphatic hydroxyl groups is 1. The van der Waals surface area contributed by atoms with E-state index in [0.29, 0.717) is 0 Å². The Bertz CT molecular complexity index is 85.7. The Morgan fingerprint density at radius 2 is 2.20 bits per heavy atom. The van der Waals surface area contributed by atoms with Crippen molar-refractivity contribution in [3.05, 3.63) is 0 Å². The Balaban J connectivity index is 3.17. The van der Waals surface area contributed by atoms with E-state index in [0.717, 1.165) is 32.3 Å². The van der Waals surface area contributed by atoms with E-state index in [1.807, 2.05) is 6.92 Å². The third kappa shape index (κ3) is 4.32. The average molecular weight is 145 g/mol. The molecular weight excluding hydrogens is 130 g/mol. The minimum absolute atomic E-state index is 0.219. The lowest BCUT2D eigenvalue weighted by Gasteiger charge is -2.13. The molecule has 0 saturated heterocycles. The van der Waals surface area contributed by atoms with Crippen LogP contribution in [0.3, 0.4) is 0 Å². The maximum Gasteiger partial charge on any atom is 0.209 e. The molecule has 0 spiro atoms. The summed E-state index contributed by atoms with van der Waals surface area (Å²) in [6.45, 7) is 3.68. The van der Waals surface area contributed by atoms with E-state index in [2.05, 4.69) is 0 Å². The molecule has 0 aromatic carbocycles. The Kier molecular flexibility index (Phi) is 6.18. The number of aliphatic hydroxyl groups excluding tert-OH is 1. The third-order valence-corrected chi connectivity index (χ3v) is 1.41. The molecule has 0 heterocycles. The first-order valence-corrected chi connectivity index (χ1v) is 3.65. The molecule has 60 valence electrons. The summed E-state index contributed by atoms with van der Waals surface area (Å²) in [5, 5.41) is 8.42. The molecule has 0 aliphatic carbocycles. The maximum absolute atomic E-state index is 10.2. The summed E-state index contributed by atoms with van der Waals surface area (Å²) in [5.74, 6) is 0. The molecule has 0 aliphatic heterocycles. The standard InChI is InChI=1S/C7H15NO2/c1-2-8(7-10)5-3-4-6-9/h7,9H,2-6H2,1H3. The SMILES string of the molecule is CCN(C=O)CCCCO. The molecule has 0 radical (unpaired) electrons. The van der Waals surface area contributed by atoms with E-state index < -0.39 is 0 Å². The second-order valence-corrected chi connectivity index (χ2v) is 2.16. The van der Waals surface area contributed by atoms with Crippen molar-refractivity contribution in [2.45, 2.75) is 19.8 Å². The van der Waals surface area contributed by atoms with Gasteiger partial charge in [-0.2, -0.15) is 0 Å². The fraction of sp³-hybridized carbons (Fsp3) is 0.857. The third-order valence-electron chi connectivity index (χ3n) is 1.41. The molecule has 0 atom stereocenters. The molecule has 0 bridgehead atoms. The van der Waals surface area contributed by atoms with Gasteiger partial charge in [0.05, 0.1) is 0 Å². The number of hydrogen-bond donors (Lipinski definition) is 1. The smallest absolute Gasteiger partial charge is 0.209 e. The van der Waals surface area contributed by atoms with E-state index >= 15 is 0 Å². The first kappa shape index (κ1) is 9.43. The van der Waals surface area contributed by atoms with Crippen molar-refractivity contribution in [1.29, 1.82) is 0 Å². The van der Waals surface area contributed by atoms with Crippen molar-refractivity contribution < 1.29 is 9.90 Å². The summed E-state index contributed by atoms with van der Waals surface area (Å²) in [4.78, 5) is 11.9. The Morgan fingerprint density at radius 1 is 1.50 bits per heavy atom. The predicted molar refractivity (Wildman–Crippen MR) is 39.6 cm³/mol. The van der Waals surface area contributed by atoms with Crippen LogP contribution in [0.5, 0.6) is 0 Å². The minimum atomic E-state index is 0.219. The van der Waals surface area contributed by atoms with Crippen LogP contribution in [-0.2, 0) is 4.79 Å². The fourth-order valence-corrected chi connectivity index (χ4v) is 0.712. The van der Waals surface area contributed by atoms with Crippen LogP contribution in [-0.4, -0.2) is 36.1 Å². The molecule has 3 heteroatoms. The Morgan fingerprint density at radius 3 is 2.60 bits per heavy atom. The highest BCUT2D eigenvalue weighted by Crippen LogP contribution is 1.90. The van der Waals surface area contributed by atoms with Crippen molar-refractivity contribution >= 4 is 6.41 Å². The van der Waals surface area contributed by atoms with E-state index in [1.54, 1.807) is 4.90 Å². The highest BCUT2D eigenvalue weighted by molar-refractivity contribution is 5.46. The van der Waals surface area contributed by atoms with Crippen molar-refractivity contribution in [1.82, 2.24) is 4.90 Å². The van der Waals surface area contributed by atoms with E-state index in [-0.39, 0.29) is 6.61 Å². The Hall–Kier alpha value is -0.570. The highest BCUT2D eigenvalue weighted by Gasteiger charge is 1.95. The first-order valence-electron chi connectivity index (χ1n) is 3.65. The lowest BCUT2D eigenvalue weighted by molar-refractivity contribution is -0.118. The second kappa shape index (κ2) is 6.55. The second-order valence-electron chi connectivity index (χ2n) is 2.16. The number of amides is 1. The van der Waals surface area contributed by atoms with Crippen molar-refractivity contribution in [2.75, 3.05) is 19.7 Å². The summed E-state index contributed by atoms with van der Waals surface area (Å²) >= 11 is 0. The molecule has 0 aromatic heterocycles. The zero-order valence-corrected chi connectivity index (χ0v) is 6.42. The molecule has 0 unspecified atom stereocenters. The normalized spacial score (nSPS) is 9.40. The topological polar surface area (TPSA) is 40.5 Å². The van der Waals surface area contributed by atoms with E-state index in [4.69, 9.17) is 5.11 Å². The van der Waals surface area contributed by atoms with Gasteiger partial charge in [-0.1, -0.05) is 0 Å². The summed E-state index contributed by atoms with van der Waals surface area (Å²) in [6.07, 6.45) is 2.52. The van der Waals surface area contributed by atoms with E-state index in [1.165, 1.54) is 0 Å². The molecule has 3 nitrogen and oxygen atoms in total.